The number of methoxy groups -OCH3 is 2. The topological polar surface area (TPSA) is 44.5 Å². The fourth-order valence-corrected chi connectivity index (χ4v) is 1.70. The van der Waals surface area contributed by atoms with Gasteiger partial charge in [-0.25, -0.2) is 0 Å². The van der Waals surface area contributed by atoms with Crippen molar-refractivity contribution in [2.24, 2.45) is 5.73 Å². The molecule has 0 aliphatic heterocycles. The summed E-state index contributed by atoms with van der Waals surface area (Å²) in [6.45, 7) is 2.16. The lowest BCUT2D eigenvalue weighted by Gasteiger charge is -2.16. The van der Waals surface area contributed by atoms with Crippen LogP contribution in [0, 0.1) is 0 Å². The Morgan fingerprint density at radius 1 is 1.25 bits per heavy atom. The van der Waals surface area contributed by atoms with Gasteiger partial charge in [-0.3, -0.25) is 0 Å². The van der Waals surface area contributed by atoms with Gasteiger partial charge in [-0.2, -0.15) is 0 Å². The van der Waals surface area contributed by atoms with Crippen molar-refractivity contribution in [2.45, 2.75) is 32.2 Å². The van der Waals surface area contributed by atoms with Crippen LogP contribution < -0.4 is 15.2 Å². The molecule has 0 saturated heterocycles. The lowest BCUT2D eigenvalue weighted by molar-refractivity contribution is 0.387. The summed E-state index contributed by atoms with van der Waals surface area (Å²) in [5, 5.41) is 0. The summed E-state index contributed by atoms with van der Waals surface area (Å²) < 4.78 is 10.5. The maximum Gasteiger partial charge on any atom is 0.127 e. The minimum atomic E-state index is 0.0424. The van der Waals surface area contributed by atoms with Gasteiger partial charge in [0.15, 0.2) is 0 Å². The van der Waals surface area contributed by atoms with Crippen LogP contribution in [0.1, 0.15) is 37.8 Å². The van der Waals surface area contributed by atoms with Crippen molar-refractivity contribution in [3.63, 3.8) is 0 Å². The first-order valence-electron chi connectivity index (χ1n) is 5.70. The van der Waals surface area contributed by atoms with Crippen LogP contribution in [-0.4, -0.2) is 14.2 Å². The molecule has 0 aliphatic rings. The summed E-state index contributed by atoms with van der Waals surface area (Å²) in [6, 6.07) is 5.82. The van der Waals surface area contributed by atoms with Crippen LogP contribution >= 0.6 is 0 Å². The molecule has 1 aromatic carbocycles. The van der Waals surface area contributed by atoms with Gasteiger partial charge in [-0.05, 0) is 12.5 Å². The second kappa shape index (κ2) is 6.38. The molecule has 0 fully saturated rings. The van der Waals surface area contributed by atoms with E-state index in [4.69, 9.17) is 15.2 Å². The first kappa shape index (κ1) is 12.8. The third-order valence-electron chi connectivity index (χ3n) is 2.71. The number of hydrogen-bond acceptors (Lipinski definition) is 3. The zero-order valence-corrected chi connectivity index (χ0v) is 10.3. The van der Waals surface area contributed by atoms with Crippen molar-refractivity contribution in [2.75, 3.05) is 14.2 Å². The summed E-state index contributed by atoms with van der Waals surface area (Å²) in [5.41, 5.74) is 7.18. The van der Waals surface area contributed by atoms with Crippen LogP contribution in [0.5, 0.6) is 11.5 Å². The van der Waals surface area contributed by atoms with Gasteiger partial charge in [0.25, 0.3) is 0 Å². The normalized spacial score (nSPS) is 12.2. The fourth-order valence-electron chi connectivity index (χ4n) is 1.70. The predicted molar refractivity (Wildman–Crippen MR) is 66.0 cm³/mol. The molecule has 16 heavy (non-hydrogen) atoms. The molecule has 0 amide bonds. The fraction of sp³-hybridized carbons (Fsp3) is 0.538. The third kappa shape index (κ3) is 3.14. The molecule has 0 heterocycles. The highest BCUT2D eigenvalue weighted by Crippen LogP contribution is 2.30. The standard InChI is InChI=1S/C13H21NO2/c1-4-5-6-12(14)11-8-7-10(15-2)9-13(11)16-3/h7-9,12H,4-6,14H2,1-3H3. The van der Waals surface area contributed by atoms with Gasteiger partial charge in [-0.15, -0.1) is 0 Å². The van der Waals surface area contributed by atoms with E-state index in [2.05, 4.69) is 6.92 Å². The highest BCUT2D eigenvalue weighted by molar-refractivity contribution is 5.42. The molecule has 0 aliphatic carbocycles. The monoisotopic (exact) mass is 223 g/mol. The molecular formula is C13H21NO2. The van der Waals surface area contributed by atoms with Crippen LogP contribution in [0.25, 0.3) is 0 Å². The van der Waals surface area contributed by atoms with Gasteiger partial charge >= 0.3 is 0 Å². The Kier molecular flexibility index (Phi) is 5.12. The predicted octanol–water partition coefficient (Wildman–Crippen LogP) is 2.89. The molecule has 1 aromatic rings. The molecule has 2 N–H and O–H groups in total. The maximum absolute atomic E-state index is 6.13. The van der Waals surface area contributed by atoms with Crippen molar-refractivity contribution in [3.8, 4) is 11.5 Å². The van der Waals surface area contributed by atoms with Crippen molar-refractivity contribution in [1.82, 2.24) is 0 Å². The molecule has 0 spiro atoms. The molecule has 1 atom stereocenters. The number of nitrogens with two attached hydrogens (primary N) is 1. The SMILES string of the molecule is CCCCC(N)c1ccc(OC)cc1OC. The van der Waals surface area contributed by atoms with Gasteiger partial charge in [0.05, 0.1) is 14.2 Å². The van der Waals surface area contributed by atoms with E-state index in [-0.39, 0.29) is 6.04 Å². The molecule has 1 rings (SSSR count). The molecule has 0 radical (unpaired) electrons. The summed E-state index contributed by atoms with van der Waals surface area (Å²) in [7, 11) is 3.30. The Bertz CT molecular complexity index is 326. The van der Waals surface area contributed by atoms with Crippen LogP contribution in [0.3, 0.4) is 0 Å². The summed E-state index contributed by atoms with van der Waals surface area (Å²) in [6.07, 6.45) is 3.28. The van der Waals surface area contributed by atoms with Crippen molar-refractivity contribution >= 4 is 0 Å². The van der Waals surface area contributed by atoms with Crippen LogP contribution in [0.15, 0.2) is 18.2 Å². The number of benzene rings is 1. The van der Waals surface area contributed by atoms with Gasteiger partial charge in [0.2, 0.25) is 0 Å². The van der Waals surface area contributed by atoms with Crippen molar-refractivity contribution < 1.29 is 9.47 Å². The number of hydrogen-bond donors (Lipinski definition) is 1. The smallest absolute Gasteiger partial charge is 0.127 e. The average Bonchev–Trinajstić information content (AvgIpc) is 2.34. The largest absolute Gasteiger partial charge is 0.497 e. The second-order valence-electron chi connectivity index (χ2n) is 3.86. The van der Waals surface area contributed by atoms with Crippen LogP contribution in [0.2, 0.25) is 0 Å². The number of unbranched alkanes of at least 4 members (excludes halogenated alkanes) is 1. The first-order chi connectivity index (χ1) is 7.72. The van der Waals surface area contributed by atoms with Crippen LogP contribution in [0.4, 0.5) is 0 Å². The summed E-state index contributed by atoms with van der Waals surface area (Å²) >= 11 is 0. The number of rotatable bonds is 6. The average molecular weight is 223 g/mol. The Morgan fingerprint density at radius 2 is 2.00 bits per heavy atom. The lowest BCUT2D eigenvalue weighted by Crippen LogP contribution is -2.11. The highest BCUT2D eigenvalue weighted by Gasteiger charge is 2.12. The number of ether oxygens (including phenoxy) is 2. The molecule has 0 aromatic heterocycles. The van der Waals surface area contributed by atoms with E-state index in [1.54, 1.807) is 14.2 Å². The zero-order chi connectivity index (χ0) is 12.0. The molecule has 0 bridgehead atoms. The van der Waals surface area contributed by atoms with Crippen molar-refractivity contribution in [1.29, 1.82) is 0 Å². The third-order valence-corrected chi connectivity index (χ3v) is 2.71. The summed E-state index contributed by atoms with van der Waals surface area (Å²) in [5.74, 6) is 1.60. The molecule has 3 nitrogen and oxygen atoms in total. The highest BCUT2D eigenvalue weighted by atomic mass is 16.5. The van der Waals surface area contributed by atoms with E-state index >= 15 is 0 Å². The van der Waals surface area contributed by atoms with E-state index in [1.165, 1.54) is 0 Å². The van der Waals surface area contributed by atoms with Gasteiger partial charge in [0.1, 0.15) is 11.5 Å². The van der Waals surface area contributed by atoms with E-state index < -0.39 is 0 Å². The van der Waals surface area contributed by atoms with E-state index in [1.807, 2.05) is 18.2 Å². The van der Waals surface area contributed by atoms with E-state index in [9.17, 15) is 0 Å². The van der Waals surface area contributed by atoms with Gasteiger partial charge < -0.3 is 15.2 Å². The Morgan fingerprint density at radius 3 is 2.56 bits per heavy atom. The Labute approximate surface area is 97.6 Å². The van der Waals surface area contributed by atoms with Gasteiger partial charge in [0, 0.05) is 17.7 Å². The minimum absolute atomic E-state index is 0.0424. The molecule has 3 heteroatoms. The van der Waals surface area contributed by atoms with Crippen LogP contribution in [-0.2, 0) is 0 Å². The summed E-state index contributed by atoms with van der Waals surface area (Å²) in [4.78, 5) is 0. The Balaban J connectivity index is 2.85. The zero-order valence-electron chi connectivity index (χ0n) is 10.3. The quantitative estimate of drug-likeness (QED) is 0.806. The van der Waals surface area contributed by atoms with Gasteiger partial charge in [-0.1, -0.05) is 25.8 Å². The molecular weight excluding hydrogens is 202 g/mol. The lowest BCUT2D eigenvalue weighted by atomic mass is 10.0. The van der Waals surface area contributed by atoms with Crippen molar-refractivity contribution in [3.05, 3.63) is 23.8 Å². The molecule has 0 saturated carbocycles. The minimum Gasteiger partial charge on any atom is -0.497 e. The Hall–Kier alpha value is -1.22. The molecule has 90 valence electrons. The van der Waals surface area contributed by atoms with E-state index in [0.29, 0.717) is 0 Å². The second-order valence-corrected chi connectivity index (χ2v) is 3.86. The van der Waals surface area contributed by atoms with E-state index in [0.717, 1.165) is 36.3 Å². The first-order valence-corrected chi connectivity index (χ1v) is 5.70. The maximum atomic E-state index is 6.13. The molecule has 1 unspecified atom stereocenters.